The van der Waals surface area contributed by atoms with Crippen LogP contribution in [0.1, 0.15) is 62.4 Å². The molecule has 0 bridgehead atoms. The van der Waals surface area contributed by atoms with Crippen LogP contribution in [0.5, 0.6) is 0 Å². The van der Waals surface area contributed by atoms with E-state index >= 15 is 0 Å². The van der Waals surface area contributed by atoms with Gasteiger partial charge in [-0.05, 0) is 54.9 Å². The predicted octanol–water partition coefficient (Wildman–Crippen LogP) is 2.33. The molecule has 1 atom stereocenters. The number of amides is 1. The number of carbonyl (C=O) groups excluding carboxylic acids is 1. The summed E-state index contributed by atoms with van der Waals surface area (Å²) in [5.74, 6) is 0.00745. The first-order chi connectivity index (χ1) is 16.4. The van der Waals surface area contributed by atoms with Crippen LogP contribution < -0.4 is 21.7 Å². The van der Waals surface area contributed by atoms with Gasteiger partial charge in [0, 0.05) is 44.1 Å². The summed E-state index contributed by atoms with van der Waals surface area (Å²) in [7, 11) is -3.65. The van der Waals surface area contributed by atoms with Gasteiger partial charge in [-0.2, -0.15) is 9.29 Å². The zero-order chi connectivity index (χ0) is 25.4. The van der Waals surface area contributed by atoms with E-state index in [0.29, 0.717) is 31.3 Å². The lowest BCUT2D eigenvalue weighted by molar-refractivity contribution is 0.100. The van der Waals surface area contributed by atoms with Crippen LogP contribution in [0.2, 0.25) is 0 Å². The number of sulfonamides is 1. The molecule has 2 aliphatic heterocycles. The van der Waals surface area contributed by atoms with Crippen molar-refractivity contribution in [2.75, 3.05) is 36.4 Å². The van der Waals surface area contributed by atoms with Crippen LogP contribution in [0, 0.1) is 0 Å². The van der Waals surface area contributed by atoms with Crippen LogP contribution in [0.3, 0.4) is 0 Å². The first-order valence-corrected chi connectivity index (χ1v) is 13.5. The van der Waals surface area contributed by atoms with Gasteiger partial charge in [0.25, 0.3) is 5.91 Å². The summed E-state index contributed by atoms with van der Waals surface area (Å²) in [6, 6.07) is 5.23. The molecule has 0 saturated carbocycles. The number of hydrogen-bond donors (Lipinski definition) is 3. The largest absolute Gasteiger partial charge is 0.365 e. The van der Waals surface area contributed by atoms with Crippen molar-refractivity contribution in [3.8, 4) is 0 Å². The summed E-state index contributed by atoms with van der Waals surface area (Å²) in [6.07, 6.45) is 4.98. The Kier molecular flexibility index (Phi) is 7.03. The second-order valence-corrected chi connectivity index (χ2v) is 12.3. The molecule has 2 aromatic rings. The summed E-state index contributed by atoms with van der Waals surface area (Å²) in [4.78, 5) is 23.3. The number of nitrogens with zero attached hydrogens (tertiary/aromatic N) is 4. The smallest absolute Gasteiger partial charge is 0.254 e. The predicted molar refractivity (Wildman–Crippen MR) is 136 cm³/mol. The molecule has 3 heterocycles. The number of primary amides is 1. The highest BCUT2D eigenvalue weighted by Gasteiger charge is 2.29. The van der Waals surface area contributed by atoms with E-state index in [1.165, 1.54) is 10.5 Å². The third kappa shape index (κ3) is 5.57. The molecular weight excluding hydrogens is 466 g/mol. The fourth-order valence-electron chi connectivity index (χ4n) is 4.46. The van der Waals surface area contributed by atoms with Crippen LogP contribution in [0.25, 0.3) is 0 Å². The number of nitrogens with one attached hydrogen (secondary N) is 1. The Labute approximate surface area is 207 Å². The molecule has 2 fully saturated rings. The van der Waals surface area contributed by atoms with E-state index in [1.54, 1.807) is 12.1 Å². The van der Waals surface area contributed by atoms with E-state index < -0.39 is 15.9 Å². The molecule has 5 N–H and O–H groups in total. The van der Waals surface area contributed by atoms with Gasteiger partial charge in [0.2, 0.25) is 16.0 Å². The molecule has 10 nitrogen and oxygen atoms in total. The SMILES string of the molecule is CC(C)(C)c1cc(Nc2nc(N3CCCC(N)C3)ncc2C(N)=O)cc(S(=O)(=O)N2CCCC2)c1. The molecule has 1 aromatic carbocycles. The zero-order valence-electron chi connectivity index (χ0n) is 20.6. The Bertz CT molecular complexity index is 1200. The molecule has 11 heteroatoms. The quantitative estimate of drug-likeness (QED) is 0.546. The molecule has 35 heavy (non-hydrogen) atoms. The van der Waals surface area contributed by atoms with Crippen molar-refractivity contribution in [1.82, 2.24) is 14.3 Å². The lowest BCUT2D eigenvalue weighted by Gasteiger charge is -2.31. The second kappa shape index (κ2) is 9.71. The van der Waals surface area contributed by atoms with E-state index in [0.717, 1.165) is 37.8 Å². The molecule has 2 saturated heterocycles. The van der Waals surface area contributed by atoms with Crippen LogP contribution in [0.4, 0.5) is 17.5 Å². The van der Waals surface area contributed by atoms with E-state index in [1.807, 2.05) is 31.7 Å². The van der Waals surface area contributed by atoms with Crippen molar-refractivity contribution in [2.24, 2.45) is 11.5 Å². The van der Waals surface area contributed by atoms with Crippen LogP contribution >= 0.6 is 0 Å². The molecule has 0 spiro atoms. The maximum absolute atomic E-state index is 13.4. The summed E-state index contributed by atoms with van der Waals surface area (Å²) in [5, 5.41) is 3.17. The highest BCUT2D eigenvalue weighted by Crippen LogP contribution is 2.32. The van der Waals surface area contributed by atoms with Crippen molar-refractivity contribution in [3.05, 3.63) is 35.5 Å². The Morgan fingerprint density at radius 1 is 1.11 bits per heavy atom. The normalized spacial score (nSPS) is 19.7. The van der Waals surface area contributed by atoms with Crippen molar-refractivity contribution >= 4 is 33.4 Å². The van der Waals surface area contributed by atoms with Gasteiger partial charge < -0.3 is 21.7 Å². The topological polar surface area (TPSA) is 148 Å². The fraction of sp³-hybridized carbons (Fsp3) is 0.542. The molecule has 190 valence electrons. The van der Waals surface area contributed by atoms with Gasteiger partial charge in [0.1, 0.15) is 11.4 Å². The Morgan fingerprint density at radius 3 is 2.46 bits per heavy atom. The monoisotopic (exact) mass is 501 g/mol. The minimum Gasteiger partial charge on any atom is -0.365 e. The summed E-state index contributed by atoms with van der Waals surface area (Å²) >= 11 is 0. The van der Waals surface area contributed by atoms with E-state index in [-0.39, 0.29) is 27.7 Å². The lowest BCUT2D eigenvalue weighted by Crippen LogP contribution is -2.43. The first-order valence-electron chi connectivity index (χ1n) is 12.1. The molecule has 4 rings (SSSR count). The fourth-order valence-corrected chi connectivity index (χ4v) is 6.05. The number of anilines is 3. The molecule has 1 aromatic heterocycles. The second-order valence-electron chi connectivity index (χ2n) is 10.4. The van der Waals surface area contributed by atoms with E-state index in [4.69, 9.17) is 11.5 Å². The Morgan fingerprint density at radius 2 is 1.83 bits per heavy atom. The number of carbonyl (C=O) groups is 1. The van der Waals surface area contributed by atoms with Crippen molar-refractivity contribution in [1.29, 1.82) is 0 Å². The Balaban J connectivity index is 1.75. The number of nitrogens with two attached hydrogens (primary N) is 2. The third-order valence-corrected chi connectivity index (χ3v) is 8.40. The highest BCUT2D eigenvalue weighted by molar-refractivity contribution is 7.89. The lowest BCUT2D eigenvalue weighted by atomic mass is 9.87. The van der Waals surface area contributed by atoms with Crippen molar-refractivity contribution < 1.29 is 13.2 Å². The standard InChI is InChI=1S/C24H35N7O3S/c1-24(2,3)16-11-18(13-19(12-16)35(33,34)31-9-4-5-10-31)28-22-20(21(26)32)14-27-23(29-22)30-8-6-7-17(25)15-30/h11-14,17H,4-10,15,25H2,1-3H3,(H2,26,32)(H,27,28,29). The molecule has 0 radical (unpaired) electrons. The number of aromatic nitrogens is 2. The summed E-state index contributed by atoms with van der Waals surface area (Å²) in [6.45, 7) is 8.49. The number of benzene rings is 1. The molecular formula is C24H35N7O3S. The summed E-state index contributed by atoms with van der Waals surface area (Å²) in [5.41, 5.74) is 12.9. The van der Waals surface area contributed by atoms with Crippen LogP contribution in [0.15, 0.2) is 29.3 Å². The van der Waals surface area contributed by atoms with E-state index in [9.17, 15) is 13.2 Å². The third-order valence-electron chi connectivity index (χ3n) is 6.52. The number of piperidine rings is 1. The van der Waals surface area contributed by atoms with Crippen molar-refractivity contribution in [3.63, 3.8) is 0 Å². The molecule has 1 amide bonds. The maximum atomic E-state index is 13.4. The number of rotatable bonds is 6. The van der Waals surface area contributed by atoms with Gasteiger partial charge in [-0.3, -0.25) is 4.79 Å². The Hall–Kier alpha value is -2.76. The average Bonchev–Trinajstić information content (AvgIpc) is 3.34. The van der Waals surface area contributed by atoms with Gasteiger partial charge >= 0.3 is 0 Å². The van der Waals surface area contributed by atoms with Crippen LogP contribution in [-0.2, 0) is 15.4 Å². The molecule has 2 aliphatic rings. The van der Waals surface area contributed by atoms with Gasteiger partial charge in [0.15, 0.2) is 0 Å². The van der Waals surface area contributed by atoms with Gasteiger partial charge in [-0.15, -0.1) is 0 Å². The van der Waals surface area contributed by atoms with Crippen molar-refractivity contribution in [2.45, 2.75) is 62.8 Å². The number of hydrogen-bond acceptors (Lipinski definition) is 8. The van der Waals surface area contributed by atoms with Gasteiger partial charge in [-0.1, -0.05) is 20.8 Å². The van der Waals surface area contributed by atoms with Gasteiger partial charge in [0.05, 0.1) is 4.90 Å². The summed E-state index contributed by atoms with van der Waals surface area (Å²) < 4.78 is 28.3. The minimum absolute atomic E-state index is 0.0291. The zero-order valence-corrected chi connectivity index (χ0v) is 21.4. The molecule has 1 unspecified atom stereocenters. The highest BCUT2D eigenvalue weighted by atomic mass is 32.2. The molecule has 0 aliphatic carbocycles. The van der Waals surface area contributed by atoms with E-state index in [2.05, 4.69) is 15.3 Å². The maximum Gasteiger partial charge on any atom is 0.254 e. The minimum atomic E-state index is -3.65. The van der Waals surface area contributed by atoms with Gasteiger partial charge in [-0.25, -0.2) is 13.4 Å². The average molecular weight is 502 g/mol. The first kappa shape index (κ1) is 25.3. The van der Waals surface area contributed by atoms with Crippen LogP contribution in [-0.4, -0.2) is 60.8 Å².